The second-order valence-electron chi connectivity index (χ2n) is 4.75. The average Bonchev–Trinajstić information content (AvgIpc) is 2.54. The molecule has 25 heavy (non-hydrogen) atoms. The van der Waals surface area contributed by atoms with E-state index in [-0.39, 0.29) is 16.4 Å². The van der Waals surface area contributed by atoms with E-state index in [0.717, 1.165) is 6.07 Å². The first kappa shape index (κ1) is 19.1. The van der Waals surface area contributed by atoms with Crippen LogP contribution in [0.25, 0.3) is 6.08 Å². The smallest absolute Gasteiger partial charge is 0.271 e. The Hall–Kier alpha value is -2.28. The van der Waals surface area contributed by atoms with Crippen LogP contribution in [0.15, 0.2) is 36.4 Å². The Labute approximate surface area is 158 Å². The van der Waals surface area contributed by atoms with Gasteiger partial charge >= 0.3 is 0 Å². The minimum absolute atomic E-state index is 0.0549. The van der Waals surface area contributed by atoms with Crippen molar-refractivity contribution in [1.82, 2.24) is 0 Å². The van der Waals surface area contributed by atoms with Gasteiger partial charge in [-0.1, -0.05) is 34.8 Å². The Balaban J connectivity index is 2.18. The third kappa shape index (κ3) is 4.85. The van der Waals surface area contributed by atoms with Crippen molar-refractivity contribution >= 4 is 58.2 Å². The molecule has 0 heterocycles. The van der Waals surface area contributed by atoms with Crippen LogP contribution in [0.1, 0.15) is 5.56 Å². The molecule has 6 nitrogen and oxygen atoms in total. The van der Waals surface area contributed by atoms with Gasteiger partial charge in [0.2, 0.25) is 5.91 Å². The molecule has 0 unspecified atom stereocenters. The van der Waals surface area contributed by atoms with Crippen molar-refractivity contribution in [2.45, 2.75) is 0 Å². The van der Waals surface area contributed by atoms with E-state index in [0.29, 0.717) is 21.4 Å². The highest BCUT2D eigenvalue weighted by Crippen LogP contribution is 2.33. The molecule has 0 aromatic heterocycles. The number of anilines is 1. The predicted octanol–water partition coefficient (Wildman–Crippen LogP) is 5.22. The molecule has 0 bridgehead atoms. The second kappa shape index (κ2) is 8.20. The van der Waals surface area contributed by atoms with Gasteiger partial charge in [0.15, 0.2) is 0 Å². The van der Waals surface area contributed by atoms with Crippen molar-refractivity contribution in [3.63, 3.8) is 0 Å². The number of amides is 1. The summed E-state index contributed by atoms with van der Waals surface area (Å²) in [6, 6.07) is 6.86. The number of nitrogens with one attached hydrogen (secondary N) is 1. The molecule has 0 saturated heterocycles. The molecule has 2 aromatic carbocycles. The van der Waals surface area contributed by atoms with Crippen LogP contribution in [0.5, 0.6) is 5.75 Å². The van der Waals surface area contributed by atoms with Crippen LogP contribution in [0.2, 0.25) is 15.1 Å². The second-order valence-corrected chi connectivity index (χ2v) is 6.00. The summed E-state index contributed by atoms with van der Waals surface area (Å²) in [6.07, 6.45) is 2.72. The first-order valence-corrected chi connectivity index (χ1v) is 7.91. The number of benzene rings is 2. The zero-order valence-electron chi connectivity index (χ0n) is 12.8. The van der Waals surface area contributed by atoms with Crippen molar-refractivity contribution in [1.29, 1.82) is 0 Å². The van der Waals surface area contributed by atoms with Crippen molar-refractivity contribution in [2.75, 3.05) is 12.4 Å². The number of ether oxygens (including phenoxy) is 1. The van der Waals surface area contributed by atoms with Crippen LogP contribution < -0.4 is 10.1 Å². The highest BCUT2D eigenvalue weighted by atomic mass is 35.5. The maximum Gasteiger partial charge on any atom is 0.271 e. The Morgan fingerprint density at radius 2 is 1.92 bits per heavy atom. The highest BCUT2D eigenvalue weighted by molar-refractivity contribution is 6.36. The third-order valence-electron chi connectivity index (χ3n) is 3.08. The number of rotatable bonds is 5. The van der Waals surface area contributed by atoms with Gasteiger partial charge in [-0.25, -0.2) is 0 Å². The van der Waals surface area contributed by atoms with Crippen molar-refractivity contribution in [2.24, 2.45) is 0 Å². The van der Waals surface area contributed by atoms with Crippen molar-refractivity contribution in [3.05, 3.63) is 67.2 Å². The first-order valence-electron chi connectivity index (χ1n) is 6.78. The zero-order valence-corrected chi connectivity index (χ0v) is 15.0. The summed E-state index contributed by atoms with van der Waals surface area (Å²) in [4.78, 5) is 22.1. The summed E-state index contributed by atoms with van der Waals surface area (Å²) in [5, 5.41) is 14.0. The topological polar surface area (TPSA) is 81.5 Å². The number of hydrogen-bond donors (Lipinski definition) is 1. The largest absolute Gasteiger partial charge is 0.495 e. The van der Waals surface area contributed by atoms with E-state index < -0.39 is 10.8 Å². The number of nitro benzene ring substituents is 1. The van der Waals surface area contributed by atoms with Gasteiger partial charge in [0.05, 0.1) is 27.8 Å². The van der Waals surface area contributed by atoms with E-state index in [1.165, 1.54) is 37.5 Å². The maximum atomic E-state index is 12.0. The number of carbonyl (C=O) groups is 1. The van der Waals surface area contributed by atoms with Crippen LogP contribution >= 0.6 is 34.8 Å². The van der Waals surface area contributed by atoms with Gasteiger partial charge in [0.25, 0.3) is 5.69 Å². The molecule has 1 N–H and O–H groups in total. The first-order chi connectivity index (χ1) is 11.8. The van der Waals surface area contributed by atoms with Crippen LogP contribution in [0.4, 0.5) is 11.4 Å². The molecule has 0 aliphatic carbocycles. The summed E-state index contributed by atoms with van der Waals surface area (Å²) in [5.74, 6) is -0.114. The Morgan fingerprint density at radius 1 is 1.20 bits per heavy atom. The lowest BCUT2D eigenvalue weighted by Gasteiger charge is -2.08. The van der Waals surface area contributed by atoms with Gasteiger partial charge in [-0.3, -0.25) is 14.9 Å². The molecule has 0 saturated carbocycles. The van der Waals surface area contributed by atoms with E-state index in [2.05, 4.69) is 5.32 Å². The molecule has 0 fully saturated rings. The minimum atomic E-state index is -0.577. The maximum absolute atomic E-state index is 12.0. The van der Waals surface area contributed by atoms with Crippen molar-refractivity contribution < 1.29 is 14.5 Å². The van der Waals surface area contributed by atoms with Crippen LogP contribution in [0.3, 0.4) is 0 Å². The fraction of sp³-hybridized carbons (Fsp3) is 0.0625. The van der Waals surface area contributed by atoms with Crippen LogP contribution in [0, 0.1) is 10.1 Å². The molecule has 0 radical (unpaired) electrons. The van der Waals surface area contributed by atoms with Gasteiger partial charge in [-0.15, -0.1) is 0 Å². The lowest BCUT2D eigenvalue weighted by molar-refractivity contribution is -0.384. The highest BCUT2D eigenvalue weighted by Gasteiger charge is 2.11. The van der Waals surface area contributed by atoms with E-state index in [9.17, 15) is 14.9 Å². The molecular weight excluding hydrogens is 391 g/mol. The summed E-state index contributed by atoms with van der Waals surface area (Å²) in [6.45, 7) is 0. The standard InChI is InChI=1S/C16H11Cl3N2O4/c1-25-16-9(6-10(17)7-13(16)19)2-5-15(22)20-14-4-3-11(21(23)24)8-12(14)18/h2-8H,1H3,(H,20,22). The van der Waals surface area contributed by atoms with E-state index >= 15 is 0 Å². The molecule has 2 rings (SSSR count). The number of carbonyl (C=O) groups excluding carboxylic acids is 1. The van der Waals surface area contributed by atoms with Gasteiger partial charge in [0, 0.05) is 28.8 Å². The fourth-order valence-electron chi connectivity index (χ4n) is 1.98. The lowest BCUT2D eigenvalue weighted by Crippen LogP contribution is -2.08. The van der Waals surface area contributed by atoms with Gasteiger partial charge < -0.3 is 10.1 Å². The van der Waals surface area contributed by atoms with E-state index in [1.807, 2.05) is 0 Å². The quantitative estimate of drug-likeness (QED) is 0.423. The molecule has 0 aliphatic heterocycles. The molecule has 130 valence electrons. The molecular formula is C16H11Cl3N2O4. The molecule has 0 aliphatic rings. The van der Waals surface area contributed by atoms with Gasteiger partial charge in [-0.2, -0.15) is 0 Å². The molecule has 2 aromatic rings. The molecule has 0 atom stereocenters. The Morgan fingerprint density at radius 3 is 2.52 bits per heavy atom. The summed E-state index contributed by atoms with van der Waals surface area (Å²) in [7, 11) is 1.45. The Kier molecular flexibility index (Phi) is 6.25. The normalized spacial score (nSPS) is 10.7. The number of nitro groups is 1. The van der Waals surface area contributed by atoms with E-state index in [1.54, 1.807) is 6.07 Å². The summed E-state index contributed by atoms with van der Waals surface area (Å²) < 4.78 is 5.18. The molecule has 1 amide bonds. The number of halogens is 3. The zero-order chi connectivity index (χ0) is 18.6. The third-order valence-corrected chi connectivity index (χ3v) is 3.89. The van der Waals surface area contributed by atoms with Crippen LogP contribution in [-0.2, 0) is 4.79 Å². The van der Waals surface area contributed by atoms with Gasteiger partial charge in [0.1, 0.15) is 5.75 Å². The number of methoxy groups -OCH3 is 1. The Bertz CT molecular complexity index is 869. The summed E-state index contributed by atoms with van der Waals surface area (Å²) >= 11 is 17.9. The number of nitrogens with zero attached hydrogens (tertiary/aromatic N) is 1. The van der Waals surface area contributed by atoms with Gasteiger partial charge in [-0.05, 0) is 24.3 Å². The molecule has 0 spiro atoms. The number of non-ortho nitro benzene ring substituents is 1. The molecule has 9 heteroatoms. The average molecular weight is 402 g/mol. The monoisotopic (exact) mass is 400 g/mol. The SMILES string of the molecule is COc1c(Cl)cc(Cl)cc1C=CC(=O)Nc1ccc([N+](=O)[O-])cc1Cl. The number of hydrogen-bond acceptors (Lipinski definition) is 4. The van der Waals surface area contributed by atoms with Crippen molar-refractivity contribution in [3.8, 4) is 5.75 Å². The lowest BCUT2D eigenvalue weighted by atomic mass is 10.2. The van der Waals surface area contributed by atoms with E-state index in [4.69, 9.17) is 39.5 Å². The van der Waals surface area contributed by atoms with Crippen LogP contribution in [-0.4, -0.2) is 17.9 Å². The minimum Gasteiger partial charge on any atom is -0.495 e. The summed E-state index contributed by atoms with van der Waals surface area (Å²) in [5.41, 5.74) is 0.597. The predicted molar refractivity (Wildman–Crippen MR) is 98.8 cm³/mol. The fourth-order valence-corrected chi connectivity index (χ4v) is 2.79.